The van der Waals surface area contributed by atoms with E-state index < -0.39 is 10.0 Å². The van der Waals surface area contributed by atoms with Gasteiger partial charge in [0.1, 0.15) is 0 Å². The first-order valence-electron chi connectivity index (χ1n) is 7.87. The Hall–Kier alpha value is -0.660. The van der Waals surface area contributed by atoms with Gasteiger partial charge in [0.2, 0.25) is 10.0 Å². The molecule has 1 aliphatic carbocycles. The van der Waals surface area contributed by atoms with Crippen molar-refractivity contribution in [1.29, 1.82) is 0 Å². The summed E-state index contributed by atoms with van der Waals surface area (Å²) in [6.07, 6.45) is 4.84. The average molecular weight is 363 g/mol. The van der Waals surface area contributed by atoms with E-state index in [4.69, 9.17) is 10.5 Å². The minimum Gasteiger partial charge on any atom is -0.384 e. The Morgan fingerprint density at radius 1 is 1.22 bits per heavy atom. The molecule has 0 bridgehead atoms. The summed E-state index contributed by atoms with van der Waals surface area (Å²) in [5.74, 6) is 0.240. The van der Waals surface area contributed by atoms with Crippen LogP contribution in [0.4, 0.5) is 0 Å². The van der Waals surface area contributed by atoms with E-state index >= 15 is 0 Å². The monoisotopic (exact) mass is 362 g/mol. The zero-order valence-corrected chi connectivity index (χ0v) is 15.2. The van der Waals surface area contributed by atoms with E-state index in [2.05, 4.69) is 4.72 Å². The van der Waals surface area contributed by atoms with Crippen molar-refractivity contribution in [3.63, 3.8) is 0 Å². The largest absolute Gasteiger partial charge is 0.384 e. The lowest BCUT2D eigenvalue weighted by Gasteiger charge is -2.31. The van der Waals surface area contributed by atoms with Gasteiger partial charge in [-0.1, -0.05) is 25.0 Å². The Bertz CT molecular complexity index is 563. The van der Waals surface area contributed by atoms with Crippen LogP contribution in [0.5, 0.6) is 0 Å². The number of nitrogens with one attached hydrogen (secondary N) is 1. The molecule has 3 N–H and O–H groups in total. The standard InChI is InChI=1S/C16H26N2O3S.ClH/c1-21-11-10-13-6-8-15(9-7-13)22(19,20)18-16-5-3-2-4-14(16)12-17;/h6-9,14,16,18H,2-5,10-12,17H2,1H3;1H. The molecule has 0 radical (unpaired) electrons. The molecule has 2 atom stereocenters. The van der Waals surface area contributed by atoms with E-state index in [1.165, 1.54) is 0 Å². The Labute approximate surface area is 145 Å². The van der Waals surface area contributed by atoms with Crippen LogP contribution >= 0.6 is 12.4 Å². The van der Waals surface area contributed by atoms with Crippen molar-refractivity contribution in [3.8, 4) is 0 Å². The summed E-state index contributed by atoms with van der Waals surface area (Å²) in [7, 11) is -1.82. The number of rotatable bonds is 7. The van der Waals surface area contributed by atoms with E-state index in [0.717, 1.165) is 37.7 Å². The van der Waals surface area contributed by atoms with Gasteiger partial charge >= 0.3 is 0 Å². The number of hydrogen-bond acceptors (Lipinski definition) is 4. The molecule has 2 rings (SSSR count). The van der Waals surface area contributed by atoms with Crippen molar-refractivity contribution in [1.82, 2.24) is 4.72 Å². The third-order valence-corrected chi connectivity index (χ3v) is 5.85. The van der Waals surface area contributed by atoms with Crippen LogP contribution in [0.15, 0.2) is 29.2 Å². The molecule has 0 aliphatic heterocycles. The number of ether oxygens (including phenoxy) is 1. The average Bonchev–Trinajstić information content (AvgIpc) is 2.53. The summed E-state index contributed by atoms with van der Waals surface area (Å²) in [5.41, 5.74) is 6.84. The molecule has 23 heavy (non-hydrogen) atoms. The van der Waals surface area contributed by atoms with E-state index in [9.17, 15) is 8.42 Å². The topological polar surface area (TPSA) is 81.4 Å². The lowest BCUT2D eigenvalue weighted by atomic mass is 9.85. The molecular formula is C16H27ClN2O3S. The lowest BCUT2D eigenvalue weighted by Crippen LogP contribution is -2.44. The number of nitrogens with two attached hydrogens (primary N) is 1. The van der Waals surface area contributed by atoms with Crippen molar-refractivity contribution < 1.29 is 13.2 Å². The van der Waals surface area contributed by atoms with Crippen molar-refractivity contribution in [2.24, 2.45) is 11.7 Å². The van der Waals surface area contributed by atoms with Crippen LogP contribution in [0.2, 0.25) is 0 Å². The number of sulfonamides is 1. The molecule has 2 unspecified atom stereocenters. The Balaban J connectivity index is 0.00000264. The molecular weight excluding hydrogens is 336 g/mol. The molecule has 5 nitrogen and oxygen atoms in total. The van der Waals surface area contributed by atoms with Gasteiger partial charge in [-0.05, 0) is 49.4 Å². The second kappa shape index (κ2) is 9.59. The van der Waals surface area contributed by atoms with E-state index in [1.54, 1.807) is 19.2 Å². The second-order valence-corrected chi connectivity index (χ2v) is 7.61. The van der Waals surface area contributed by atoms with E-state index in [1.807, 2.05) is 12.1 Å². The van der Waals surface area contributed by atoms with Gasteiger partial charge < -0.3 is 10.5 Å². The van der Waals surface area contributed by atoms with Crippen LogP contribution in [0.25, 0.3) is 0 Å². The van der Waals surface area contributed by atoms with Crippen molar-refractivity contribution in [3.05, 3.63) is 29.8 Å². The van der Waals surface area contributed by atoms with Gasteiger partial charge in [0.05, 0.1) is 11.5 Å². The molecule has 1 fully saturated rings. The molecule has 132 valence electrons. The maximum absolute atomic E-state index is 12.5. The van der Waals surface area contributed by atoms with Crippen LogP contribution in [0.3, 0.4) is 0 Å². The van der Waals surface area contributed by atoms with Gasteiger partial charge in [-0.2, -0.15) is 0 Å². The van der Waals surface area contributed by atoms with Gasteiger partial charge in [-0.15, -0.1) is 12.4 Å². The maximum atomic E-state index is 12.5. The molecule has 1 aliphatic rings. The van der Waals surface area contributed by atoms with Crippen LogP contribution in [-0.2, 0) is 21.2 Å². The van der Waals surface area contributed by atoms with Crippen LogP contribution in [0, 0.1) is 5.92 Å². The summed E-state index contributed by atoms with van der Waals surface area (Å²) in [6, 6.07) is 6.96. The molecule has 1 aromatic carbocycles. The minimum atomic E-state index is -3.48. The number of methoxy groups -OCH3 is 1. The van der Waals surface area contributed by atoms with Gasteiger partial charge in [-0.25, -0.2) is 13.1 Å². The smallest absolute Gasteiger partial charge is 0.240 e. The molecule has 0 amide bonds. The summed E-state index contributed by atoms with van der Waals surface area (Å²) in [6.45, 7) is 1.16. The SMILES string of the molecule is COCCc1ccc(S(=O)(=O)NC2CCCCC2CN)cc1.Cl. The third-order valence-electron chi connectivity index (χ3n) is 4.35. The zero-order chi connectivity index (χ0) is 16.0. The summed E-state index contributed by atoms with van der Waals surface area (Å²) in [5, 5.41) is 0. The molecule has 1 aromatic rings. The zero-order valence-electron chi connectivity index (χ0n) is 13.5. The normalized spacial score (nSPS) is 21.7. The molecule has 7 heteroatoms. The van der Waals surface area contributed by atoms with Crippen molar-refractivity contribution in [2.75, 3.05) is 20.3 Å². The minimum absolute atomic E-state index is 0. The van der Waals surface area contributed by atoms with Crippen molar-refractivity contribution >= 4 is 22.4 Å². The highest BCUT2D eigenvalue weighted by Crippen LogP contribution is 2.25. The fraction of sp³-hybridized carbons (Fsp3) is 0.625. The van der Waals surface area contributed by atoms with Crippen molar-refractivity contribution in [2.45, 2.75) is 43.0 Å². The van der Waals surface area contributed by atoms with Gasteiger partial charge in [0.25, 0.3) is 0 Å². The van der Waals surface area contributed by atoms with E-state index in [-0.39, 0.29) is 24.4 Å². The first kappa shape index (κ1) is 20.4. The van der Waals surface area contributed by atoms with Crippen LogP contribution in [-0.4, -0.2) is 34.7 Å². The van der Waals surface area contributed by atoms with Gasteiger partial charge in [-0.3, -0.25) is 0 Å². The Kier molecular flexibility index (Phi) is 8.50. The lowest BCUT2D eigenvalue weighted by molar-refractivity contribution is 0.202. The molecule has 0 heterocycles. The summed E-state index contributed by atoms with van der Waals surface area (Å²) < 4.78 is 32.9. The fourth-order valence-electron chi connectivity index (χ4n) is 2.97. The summed E-state index contributed by atoms with van der Waals surface area (Å²) in [4.78, 5) is 0.315. The predicted octanol–water partition coefficient (Wildman–Crippen LogP) is 2.09. The highest BCUT2D eigenvalue weighted by Gasteiger charge is 2.28. The maximum Gasteiger partial charge on any atom is 0.240 e. The third kappa shape index (κ3) is 5.72. The van der Waals surface area contributed by atoms with Gasteiger partial charge in [0.15, 0.2) is 0 Å². The summed E-state index contributed by atoms with van der Waals surface area (Å²) >= 11 is 0. The number of hydrogen-bond donors (Lipinski definition) is 2. The fourth-order valence-corrected chi connectivity index (χ4v) is 4.31. The van der Waals surface area contributed by atoms with Gasteiger partial charge in [0, 0.05) is 13.2 Å². The Morgan fingerprint density at radius 2 is 1.87 bits per heavy atom. The molecule has 0 spiro atoms. The number of halogens is 1. The highest BCUT2D eigenvalue weighted by atomic mass is 35.5. The quantitative estimate of drug-likeness (QED) is 0.778. The molecule has 0 aromatic heterocycles. The molecule has 1 saturated carbocycles. The first-order valence-corrected chi connectivity index (χ1v) is 9.35. The highest BCUT2D eigenvalue weighted by molar-refractivity contribution is 7.89. The van der Waals surface area contributed by atoms with E-state index in [0.29, 0.717) is 18.0 Å². The van der Waals surface area contributed by atoms with Crippen LogP contribution in [0.1, 0.15) is 31.2 Å². The number of benzene rings is 1. The second-order valence-electron chi connectivity index (χ2n) is 5.89. The molecule has 0 saturated heterocycles. The van der Waals surface area contributed by atoms with Crippen LogP contribution < -0.4 is 10.5 Å². The first-order chi connectivity index (χ1) is 10.6. The Morgan fingerprint density at radius 3 is 2.48 bits per heavy atom. The predicted molar refractivity (Wildman–Crippen MR) is 94.4 cm³/mol.